The van der Waals surface area contributed by atoms with Gasteiger partial charge in [0.25, 0.3) is 5.56 Å². The van der Waals surface area contributed by atoms with E-state index < -0.39 is 17.2 Å². The Hall–Kier alpha value is -4.25. The third-order valence-corrected chi connectivity index (χ3v) is 4.98. The van der Waals surface area contributed by atoms with Gasteiger partial charge in [-0.3, -0.25) is 13.9 Å². The first-order chi connectivity index (χ1) is 14.4. The van der Waals surface area contributed by atoms with Crippen LogP contribution in [0.3, 0.4) is 0 Å². The number of hydrogen-bond donors (Lipinski definition) is 1. The van der Waals surface area contributed by atoms with Crippen molar-refractivity contribution in [2.45, 2.75) is 5.92 Å². The van der Waals surface area contributed by atoms with Crippen molar-refractivity contribution in [1.29, 1.82) is 5.26 Å². The van der Waals surface area contributed by atoms with Crippen LogP contribution in [-0.2, 0) is 14.1 Å². The van der Waals surface area contributed by atoms with E-state index in [0.717, 1.165) is 4.57 Å². The highest BCUT2D eigenvalue weighted by Crippen LogP contribution is 2.40. The summed E-state index contributed by atoms with van der Waals surface area (Å²) >= 11 is 0. The molecule has 30 heavy (non-hydrogen) atoms. The van der Waals surface area contributed by atoms with Gasteiger partial charge in [0, 0.05) is 14.1 Å². The molecule has 2 heterocycles. The predicted molar refractivity (Wildman–Crippen MR) is 109 cm³/mol. The van der Waals surface area contributed by atoms with Gasteiger partial charge in [0.05, 0.1) is 11.5 Å². The second-order valence-corrected chi connectivity index (χ2v) is 6.84. The molecule has 0 fully saturated rings. The van der Waals surface area contributed by atoms with Crippen LogP contribution < -0.4 is 26.5 Å². The third-order valence-electron chi connectivity index (χ3n) is 4.98. The molecule has 8 heteroatoms. The third kappa shape index (κ3) is 3.02. The van der Waals surface area contributed by atoms with Gasteiger partial charge < -0.3 is 15.2 Å². The topological polar surface area (TPSA) is 112 Å². The maximum absolute atomic E-state index is 13.0. The smallest absolute Gasteiger partial charge is 0.333 e. The second kappa shape index (κ2) is 7.29. The van der Waals surface area contributed by atoms with E-state index in [4.69, 9.17) is 15.2 Å². The highest BCUT2D eigenvalue weighted by molar-refractivity contribution is 5.54. The molecule has 0 unspecified atom stereocenters. The molecule has 1 atom stereocenters. The molecule has 3 aromatic rings. The molecule has 0 radical (unpaired) electrons. The van der Waals surface area contributed by atoms with Crippen molar-refractivity contribution < 1.29 is 9.47 Å². The van der Waals surface area contributed by atoms with E-state index in [0.29, 0.717) is 17.1 Å². The summed E-state index contributed by atoms with van der Waals surface area (Å²) in [7, 11) is 2.86. The average molecular weight is 402 g/mol. The number of hydrogen-bond acceptors (Lipinski definition) is 6. The molecule has 0 saturated carbocycles. The molecule has 8 nitrogen and oxygen atoms in total. The Morgan fingerprint density at radius 3 is 2.43 bits per heavy atom. The average Bonchev–Trinajstić information content (AvgIpc) is 2.76. The van der Waals surface area contributed by atoms with Gasteiger partial charge >= 0.3 is 5.69 Å². The zero-order chi connectivity index (χ0) is 21.4. The number of nitrogens with zero attached hydrogens (tertiary/aromatic N) is 3. The van der Waals surface area contributed by atoms with Crippen molar-refractivity contribution in [2.24, 2.45) is 19.8 Å². The summed E-state index contributed by atoms with van der Waals surface area (Å²) in [6.07, 6.45) is 0. The fourth-order valence-electron chi connectivity index (χ4n) is 3.50. The van der Waals surface area contributed by atoms with Gasteiger partial charge in [-0.15, -0.1) is 0 Å². The minimum atomic E-state index is -0.802. The first-order valence-electron chi connectivity index (χ1n) is 9.12. The van der Waals surface area contributed by atoms with Gasteiger partial charge in [0.2, 0.25) is 11.8 Å². The molecule has 1 aromatic heterocycles. The number of benzene rings is 2. The first kappa shape index (κ1) is 19.1. The van der Waals surface area contributed by atoms with E-state index in [1.54, 1.807) is 24.3 Å². The number of aromatic nitrogens is 2. The molecule has 1 aliphatic heterocycles. The number of ether oxygens (including phenoxy) is 2. The second-order valence-electron chi connectivity index (χ2n) is 6.84. The van der Waals surface area contributed by atoms with Gasteiger partial charge in [-0.05, 0) is 29.8 Å². The van der Waals surface area contributed by atoms with Crippen LogP contribution in [0.2, 0.25) is 0 Å². The van der Waals surface area contributed by atoms with Crippen LogP contribution in [0, 0.1) is 11.3 Å². The summed E-state index contributed by atoms with van der Waals surface area (Å²) in [6, 6.07) is 18.3. The Bertz CT molecular complexity index is 1330. The quantitative estimate of drug-likeness (QED) is 0.718. The lowest BCUT2D eigenvalue weighted by molar-refractivity contribution is 0.348. The fourth-order valence-corrected chi connectivity index (χ4v) is 3.50. The summed E-state index contributed by atoms with van der Waals surface area (Å²) < 4.78 is 13.6. The van der Waals surface area contributed by atoms with Crippen molar-refractivity contribution >= 4 is 0 Å². The van der Waals surface area contributed by atoms with Crippen molar-refractivity contribution in [2.75, 3.05) is 0 Å². The molecule has 0 spiro atoms. The normalized spacial score (nSPS) is 15.2. The van der Waals surface area contributed by atoms with Crippen LogP contribution in [0.5, 0.6) is 17.4 Å². The van der Waals surface area contributed by atoms with Crippen molar-refractivity contribution in [1.82, 2.24) is 9.13 Å². The Kier molecular flexibility index (Phi) is 4.64. The number of rotatable bonds is 3. The minimum absolute atomic E-state index is 0.0268. The Morgan fingerprint density at radius 2 is 1.73 bits per heavy atom. The highest BCUT2D eigenvalue weighted by atomic mass is 16.5. The lowest BCUT2D eigenvalue weighted by Crippen LogP contribution is -2.42. The minimum Gasteiger partial charge on any atom is -0.457 e. The molecule has 0 amide bonds. The van der Waals surface area contributed by atoms with Crippen LogP contribution in [0.4, 0.5) is 0 Å². The first-order valence-corrected chi connectivity index (χ1v) is 9.12. The van der Waals surface area contributed by atoms with Crippen LogP contribution in [0.1, 0.15) is 17.0 Å². The lowest BCUT2D eigenvalue weighted by atomic mass is 9.85. The van der Waals surface area contributed by atoms with Gasteiger partial charge in [0.1, 0.15) is 23.1 Å². The number of fused-ring (bicyclic) bond motifs is 1. The zero-order valence-corrected chi connectivity index (χ0v) is 16.3. The number of nitrogens with two attached hydrogens (primary N) is 1. The summed E-state index contributed by atoms with van der Waals surface area (Å²) in [5.41, 5.74) is 5.76. The van der Waals surface area contributed by atoms with E-state index in [9.17, 15) is 14.9 Å². The maximum Gasteiger partial charge on any atom is 0.333 e. The zero-order valence-electron chi connectivity index (χ0n) is 16.3. The Balaban J connectivity index is 1.91. The van der Waals surface area contributed by atoms with E-state index in [2.05, 4.69) is 0 Å². The highest BCUT2D eigenvalue weighted by Gasteiger charge is 2.36. The van der Waals surface area contributed by atoms with Crippen molar-refractivity contribution in [3.05, 3.63) is 98.0 Å². The number of para-hydroxylation sites is 1. The molecule has 1 aliphatic rings. The molecule has 2 aromatic carbocycles. The molecule has 2 N–H and O–H groups in total. The van der Waals surface area contributed by atoms with Crippen molar-refractivity contribution in [3.63, 3.8) is 0 Å². The summed E-state index contributed by atoms with van der Waals surface area (Å²) in [4.78, 5) is 25.3. The van der Waals surface area contributed by atoms with Crippen LogP contribution >= 0.6 is 0 Å². The van der Waals surface area contributed by atoms with Gasteiger partial charge in [0.15, 0.2) is 0 Å². The van der Waals surface area contributed by atoms with Crippen LogP contribution in [-0.4, -0.2) is 9.13 Å². The summed E-state index contributed by atoms with van der Waals surface area (Å²) in [5, 5.41) is 9.73. The van der Waals surface area contributed by atoms with E-state index >= 15 is 0 Å². The maximum atomic E-state index is 13.0. The number of allylic oxidation sites excluding steroid dienone is 1. The largest absolute Gasteiger partial charge is 0.457 e. The SMILES string of the molecule is Cn1c2c(c(=O)n(C)c1=O)[C@@H](c1cccc(Oc3ccccc3)c1)C(C#N)=C(N)O2. The molecule has 0 aliphatic carbocycles. The molecule has 150 valence electrons. The van der Waals surface area contributed by atoms with Crippen molar-refractivity contribution in [3.8, 4) is 23.4 Å². The van der Waals surface area contributed by atoms with Gasteiger partial charge in [-0.25, -0.2) is 4.79 Å². The monoisotopic (exact) mass is 402 g/mol. The van der Waals surface area contributed by atoms with Crippen LogP contribution in [0.25, 0.3) is 0 Å². The van der Waals surface area contributed by atoms with Gasteiger partial charge in [-0.1, -0.05) is 30.3 Å². The molecule has 0 saturated heterocycles. The fraction of sp³-hybridized carbons (Fsp3) is 0.136. The van der Waals surface area contributed by atoms with Gasteiger partial charge in [-0.2, -0.15) is 5.26 Å². The van der Waals surface area contributed by atoms with Crippen LogP contribution in [0.15, 0.2) is 75.6 Å². The molecule has 0 bridgehead atoms. The summed E-state index contributed by atoms with van der Waals surface area (Å²) in [6.45, 7) is 0. The molecular formula is C22H18N4O4. The standard InChI is InChI=1S/C22H18N4O4/c1-25-20(27)18-17(16(12-23)19(24)30-21(18)26(2)22(25)28)13-7-6-10-15(11-13)29-14-8-4-3-5-9-14/h3-11,17H,24H2,1-2H3/t17-/m0/s1. The Labute approximate surface area is 171 Å². The van der Waals surface area contributed by atoms with E-state index in [1.165, 1.54) is 18.7 Å². The summed E-state index contributed by atoms with van der Waals surface area (Å²) in [5.74, 6) is 0.260. The molecule has 4 rings (SSSR count). The Morgan fingerprint density at radius 1 is 1.03 bits per heavy atom. The lowest BCUT2D eigenvalue weighted by Gasteiger charge is -2.27. The molecular weight excluding hydrogens is 384 g/mol. The van der Waals surface area contributed by atoms with E-state index in [-0.39, 0.29) is 22.9 Å². The van der Waals surface area contributed by atoms with E-state index in [1.807, 2.05) is 36.4 Å². The number of nitriles is 1. The predicted octanol–water partition coefficient (Wildman–Crippen LogP) is 2.09.